The molecule has 0 radical (unpaired) electrons. The van der Waals surface area contributed by atoms with Gasteiger partial charge in [-0.1, -0.05) is 29.8 Å². The van der Waals surface area contributed by atoms with Crippen molar-refractivity contribution < 1.29 is 23.2 Å². The molecule has 0 bridgehead atoms. The Labute approximate surface area is 174 Å². The lowest BCUT2D eigenvalue weighted by molar-refractivity contribution is -0.124. The van der Waals surface area contributed by atoms with Crippen LogP contribution >= 0.6 is 23.4 Å². The largest absolute Gasteiger partial charge is 0.354 e. The molecule has 1 saturated heterocycles. The van der Waals surface area contributed by atoms with Gasteiger partial charge in [0.1, 0.15) is 11.6 Å². The summed E-state index contributed by atoms with van der Waals surface area (Å²) >= 11 is 6.66. The molecule has 2 aromatic rings. The monoisotopic (exact) mass is 436 g/mol. The third-order valence-electron chi connectivity index (χ3n) is 4.10. The van der Waals surface area contributed by atoms with Gasteiger partial charge in [-0.3, -0.25) is 19.3 Å². The molecule has 9 heteroatoms. The molecule has 150 valence electrons. The number of rotatable bonds is 6. The Kier molecular flexibility index (Phi) is 6.66. The van der Waals surface area contributed by atoms with Crippen molar-refractivity contribution in [2.45, 2.75) is 6.42 Å². The predicted molar refractivity (Wildman–Crippen MR) is 107 cm³/mol. The first-order chi connectivity index (χ1) is 13.8. The molecule has 29 heavy (non-hydrogen) atoms. The van der Waals surface area contributed by atoms with Crippen LogP contribution in [0.5, 0.6) is 0 Å². The van der Waals surface area contributed by atoms with Crippen molar-refractivity contribution in [3.8, 4) is 0 Å². The van der Waals surface area contributed by atoms with Crippen LogP contribution in [-0.2, 0) is 16.0 Å². The van der Waals surface area contributed by atoms with Crippen LogP contribution in [0.1, 0.15) is 11.1 Å². The third-order valence-corrected chi connectivity index (χ3v) is 5.36. The minimum absolute atomic E-state index is 0.0206. The molecule has 0 spiro atoms. The van der Waals surface area contributed by atoms with Gasteiger partial charge < -0.3 is 5.32 Å². The first kappa shape index (κ1) is 21.0. The highest BCUT2D eigenvalue weighted by Gasteiger charge is 2.34. The van der Waals surface area contributed by atoms with Crippen LogP contribution in [0, 0.1) is 11.6 Å². The lowest BCUT2D eigenvalue weighted by Crippen LogP contribution is -2.37. The Morgan fingerprint density at radius 2 is 1.86 bits per heavy atom. The number of carbonyl (C=O) groups excluding carboxylic acids is 3. The Morgan fingerprint density at radius 1 is 1.14 bits per heavy atom. The minimum Gasteiger partial charge on any atom is -0.354 e. The van der Waals surface area contributed by atoms with Gasteiger partial charge in [0.2, 0.25) is 5.91 Å². The summed E-state index contributed by atoms with van der Waals surface area (Å²) in [5.74, 6) is -1.95. The van der Waals surface area contributed by atoms with Crippen LogP contribution in [-0.4, -0.2) is 35.0 Å². The van der Waals surface area contributed by atoms with E-state index in [0.29, 0.717) is 5.56 Å². The molecule has 5 nitrogen and oxygen atoms in total. The van der Waals surface area contributed by atoms with Gasteiger partial charge in [-0.2, -0.15) is 0 Å². The minimum atomic E-state index is -0.579. The van der Waals surface area contributed by atoms with E-state index in [9.17, 15) is 23.2 Å². The fourth-order valence-electron chi connectivity index (χ4n) is 2.63. The van der Waals surface area contributed by atoms with Crippen molar-refractivity contribution in [3.63, 3.8) is 0 Å². The molecule has 3 rings (SSSR count). The average molecular weight is 437 g/mol. The average Bonchev–Trinajstić information content (AvgIpc) is 2.94. The maximum Gasteiger partial charge on any atom is 0.293 e. The third kappa shape index (κ3) is 5.21. The van der Waals surface area contributed by atoms with E-state index in [1.54, 1.807) is 0 Å². The molecule has 0 saturated carbocycles. The van der Waals surface area contributed by atoms with Crippen molar-refractivity contribution in [3.05, 3.63) is 75.2 Å². The topological polar surface area (TPSA) is 66.5 Å². The number of halogens is 3. The lowest BCUT2D eigenvalue weighted by Gasteiger charge is -2.13. The SMILES string of the molecule is O=C(Cc1c(F)cccc1Cl)NCCN1C(=O)SC(=Cc2ccc(F)cc2)C1=O. The molecule has 0 aromatic heterocycles. The quantitative estimate of drug-likeness (QED) is 0.695. The van der Waals surface area contributed by atoms with E-state index < -0.39 is 28.7 Å². The molecule has 1 aliphatic rings. The second-order valence-electron chi connectivity index (χ2n) is 6.11. The maximum absolute atomic E-state index is 13.7. The zero-order valence-corrected chi connectivity index (χ0v) is 16.5. The van der Waals surface area contributed by atoms with E-state index in [2.05, 4.69) is 5.32 Å². The van der Waals surface area contributed by atoms with E-state index in [4.69, 9.17) is 11.6 Å². The number of benzene rings is 2. The second kappa shape index (κ2) is 9.19. The molecular formula is C20H15ClF2N2O3S. The first-order valence-electron chi connectivity index (χ1n) is 8.55. The summed E-state index contributed by atoms with van der Waals surface area (Å²) < 4.78 is 26.7. The van der Waals surface area contributed by atoms with Gasteiger partial charge in [-0.25, -0.2) is 8.78 Å². The number of hydrogen-bond acceptors (Lipinski definition) is 4. The molecule has 2 aromatic carbocycles. The van der Waals surface area contributed by atoms with E-state index in [-0.39, 0.29) is 35.0 Å². The molecular weight excluding hydrogens is 422 g/mol. The summed E-state index contributed by atoms with van der Waals surface area (Å²) in [6.07, 6.45) is 1.25. The molecule has 1 N–H and O–H groups in total. The molecule has 1 heterocycles. The maximum atomic E-state index is 13.7. The predicted octanol–water partition coefficient (Wildman–Crippen LogP) is 4.01. The van der Waals surface area contributed by atoms with Crippen molar-refractivity contribution in [1.82, 2.24) is 10.2 Å². The molecule has 0 aliphatic carbocycles. The van der Waals surface area contributed by atoms with E-state index in [1.807, 2.05) is 0 Å². The fraction of sp³-hybridized carbons (Fsp3) is 0.150. The highest BCUT2D eigenvalue weighted by molar-refractivity contribution is 8.18. The van der Waals surface area contributed by atoms with E-state index in [1.165, 1.54) is 48.5 Å². The van der Waals surface area contributed by atoms with Gasteiger partial charge in [0.15, 0.2) is 0 Å². The molecule has 1 aliphatic heterocycles. The summed E-state index contributed by atoms with van der Waals surface area (Å²) in [4.78, 5) is 37.7. The zero-order chi connectivity index (χ0) is 21.0. The number of imide groups is 1. The van der Waals surface area contributed by atoms with Crippen LogP contribution in [0.4, 0.5) is 13.6 Å². The Balaban J connectivity index is 1.55. The number of amides is 3. The molecule has 1 fully saturated rings. The van der Waals surface area contributed by atoms with Crippen molar-refractivity contribution in [2.75, 3.05) is 13.1 Å². The number of carbonyl (C=O) groups is 3. The van der Waals surface area contributed by atoms with Crippen LogP contribution in [0.25, 0.3) is 6.08 Å². The summed E-state index contributed by atoms with van der Waals surface area (Å²) in [5, 5.41) is 2.23. The molecule has 0 unspecified atom stereocenters. The van der Waals surface area contributed by atoms with E-state index in [0.717, 1.165) is 16.7 Å². The van der Waals surface area contributed by atoms with E-state index >= 15 is 0 Å². The lowest BCUT2D eigenvalue weighted by atomic mass is 10.1. The van der Waals surface area contributed by atoms with Gasteiger partial charge in [-0.05, 0) is 47.7 Å². The molecule has 0 atom stereocenters. The van der Waals surface area contributed by atoms with Crippen LogP contribution in [0.2, 0.25) is 5.02 Å². The highest BCUT2D eigenvalue weighted by Crippen LogP contribution is 2.31. The van der Waals surface area contributed by atoms with Gasteiger partial charge in [0.25, 0.3) is 11.1 Å². The Bertz CT molecular complexity index is 975. The summed E-state index contributed by atoms with van der Waals surface area (Å²) in [7, 11) is 0. The molecule has 3 amide bonds. The summed E-state index contributed by atoms with van der Waals surface area (Å²) in [6.45, 7) is -0.00502. The number of nitrogens with zero attached hydrogens (tertiary/aromatic N) is 1. The van der Waals surface area contributed by atoms with Gasteiger partial charge >= 0.3 is 0 Å². The summed E-state index contributed by atoms with van der Waals surface area (Å²) in [6, 6.07) is 9.65. The van der Waals surface area contributed by atoms with Gasteiger partial charge in [0, 0.05) is 23.7 Å². The van der Waals surface area contributed by atoms with Crippen LogP contribution in [0.15, 0.2) is 47.4 Å². The van der Waals surface area contributed by atoms with Crippen molar-refractivity contribution in [1.29, 1.82) is 0 Å². The van der Waals surface area contributed by atoms with Crippen LogP contribution < -0.4 is 5.32 Å². The van der Waals surface area contributed by atoms with Gasteiger partial charge in [0.05, 0.1) is 11.3 Å². The Hall–Kier alpha value is -2.71. The van der Waals surface area contributed by atoms with Crippen molar-refractivity contribution >= 4 is 46.5 Å². The van der Waals surface area contributed by atoms with Crippen LogP contribution in [0.3, 0.4) is 0 Å². The second-order valence-corrected chi connectivity index (χ2v) is 7.51. The normalized spacial score (nSPS) is 15.3. The number of nitrogens with one attached hydrogen (secondary N) is 1. The Morgan fingerprint density at radius 3 is 2.55 bits per heavy atom. The van der Waals surface area contributed by atoms with Gasteiger partial charge in [-0.15, -0.1) is 0 Å². The standard InChI is InChI=1S/C20H15ClF2N2O3S/c21-15-2-1-3-16(23)14(15)11-18(26)24-8-9-25-19(27)17(29-20(25)28)10-12-4-6-13(22)7-5-12/h1-7,10H,8-9,11H2,(H,24,26). The zero-order valence-electron chi connectivity index (χ0n) is 15.0. The smallest absolute Gasteiger partial charge is 0.293 e. The summed E-state index contributed by atoms with van der Waals surface area (Å²) in [5.41, 5.74) is 0.673. The fourth-order valence-corrected chi connectivity index (χ4v) is 3.73. The van der Waals surface area contributed by atoms with Crippen molar-refractivity contribution in [2.24, 2.45) is 0 Å². The first-order valence-corrected chi connectivity index (χ1v) is 9.75. The highest BCUT2D eigenvalue weighted by atomic mass is 35.5. The number of hydrogen-bond donors (Lipinski definition) is 1. The number of thioether (sulfide) groups is 1.